The normalized spacial score (nSPS) is 11.7. The van der Waals surface area contributed by atoms with Gasteiger partial charge < -0.3 is 9.47 Å². The van der Waals surface area contributed by atoms with Crippen molar-refractivity contribution in [1.82, 2.24) is 9.47 Å². The topological polar surface area (TPSA) is 25.2 Å². The number of aryl methyl sites for hydroxylation is 1. The van der Waals surface area contributed by atoms with Crippen LogP contribution in [0.5, 0.6) is 0 Å². The first-order valence-electron chi connectivity index (χ1n) is 8.59. The third-order valence-electron chi connectivity index (χ3n) is 4.69. The molecule has 2 aromatic carbocycles. The maximum absolute atomic E-state index is 14.5. The predicted octanol–water partition coefficient (Wildman–Crippen LogP) is 4.03. The lowest BCUT2D eigenvalue weighted by Gasteiger charge is -2.20. The van der Waals surface area contributed by atoms with Gasteiger partial charge in [0.15, 0.2) is 5.43 Å². The molecular weight excluding hydrogens is 303 g/mol. The number of rotatable bonds is 6. The number of nitrogens with zero attached hydrogens (tertiary/aromatic N) is 2. The van der Waals surface area contributed by atoms with Crippen LogP contribution < -0.4 is 5.43 Å². The Morgan fingerprint density at radius 2 is 1.71 bits per heavy atom. The fourth-order valence-electron chi connectivity index (χ4n) is 3.36. The highest BCUT2D eigenvalue weighted by Crippen LogP contribution is 2.22. The van der Waals surface area contributed by atoms with Crippen LogP contribution in [0.25, 0.3) is 21.8 Å². The summed E-state index contributed by atoms with van der Waals surface area (Å²) in [6, 6.07) is 12.2. The molecule has 4 heteroatoms. The van der Waals surface area contributed by atoms with E-state index < -0.39 is 0 Å². The molecular formula is C20H23FN2O. The molecule has 1 aromatic heterocycles. The Hall–Kier alpha value is -2.20. The molecule has 0 aliphatic carbocycles. The standard InChI is InChI=1S/C20H23FN2O/c1-3-22(4-2)13-8-14-23-18-12-6-5-9-15(18)20(24)16-10-7-11-17(21)19(16)23/h5-7,9-12H,3-4,8,13-14H2,1-2H3. The van der Waals surface area contributed by atoms with E-state index in [-0.39, 0.29) is 11.2 Å². The quantitative estimate of drug-likeness (QED) is 0.639. The van der Waals surface area contributed by atoms with Crippen LogP contribution in [0.3, 0.4) is 0 Å². The minimum Gasteiger partial charge on any atom is -0.338 e. The van der Waals surface area contributed by atoms with Gasteiger partial charge in [-0.2, -0.15) is 0 Å². The summed E-state index contributed by atoms with van der Waals surface area (Å²) in [6.45, 7) is 7.96. The SMILES string of the molecule is CCN(CC)CCCn1c2ccccc2c(=O)c2cccc(F)c21. The van der Waals surface area contributed by atoms with Gasteiger partial charge in [-0.1, -0.05) is 32.0 Å². The Bertz CT molecular complexity index is 913. The highest BCUT2D eigenvalue weighted by Gasteiger charge is 2.13. The van der Waals surface area contributed by atoms with E-state index in [4.69, 9.17) is 0 Å². The summed E-state index contributed by atoms with van der Waals surface area (Å²) in [7, 11) is 0. The summed E-state index contributed by atoms with van der Waals surface area (Å²) in [6.07, 6.45) is 0.915. The third kappa shape index (κ3) is 2.94. The van der Waals surface area contributed by atoms with Gasteiger partial charge in [-0.05, 0) is 50.3 Å². The van der Waals surface area contributed by atoms with Crippen LogP contribution in [0.15, 0.2) is 47.3 Å². The Morgan fingerprint density at radius 3 is 2.46 bits per heavy atom. The van der Waals surface area contributed by atoms with Gasteiger partial charge in [0.2, 0.25) is 0 Å². The minimum absolute atomic E-state index is 0.0971. The van der Waals surface area contributed by atoms with Crippen LogP contribution in [0.1, 0.15) is 20.3 Å². The van der Waals surface area contributed by atoms with Gasteiger partial charge in [-0.3, -0.25) is 4.79 Å². The lowest BCUT2D eigenvalue weighted by atomic mass is 10.1. The van der Waals surface area contributed by atoms with Gasteiger partial charge in [-0.25, -0.2) is 4.39 Å². The van der Waals surface area contributed by atoms with Crippen molar-refractivity contribution in [3.8, 4) is 0 Å². The molecule has 0 saturated carbocycles. The van der Waals surface area contributed by atoms with Crippen LogP contribution >= 0.6 is 0 Å². The Kier molecular flexibility index (Phi) is 4.95. The summed E-state index contributed by atoms with van der Waals surface area (Å²) >= 11 is 0. The molecule has 0 atom stereocenters. The molecule has 0 fully saturated rings. The maximum Gasteiger partial charge on any atom is 0.197 e. The fourth-order valence-corrected chi connectivity index (χ4v) is 3.36. The van der Waals surface area contributed by atoms with Gasteiger partial charge in [0.05, 0.1) is 11.0 Å². The van der Waals surface area contributed by atoms with Gasteiger partial charge in [0.1, 0.15) is 5.82 Å². The van der Waals surface area contributed by atoms with E-state index in [1.54, 1.807) is 12.1 Å². The molecule has 0 radical (unpaired) electrons. The summed E-state index contributed by atoms with van der Waals surface area (Å²) in [5.41, 5.74) is 1.13. The second kappa shape index (κ2) is 7.14. The molecule has 1 heterocycles. The van der Waals surface area contributed by atoms with Crippen LogP contribution in [0.2, 0.25) is 0 Å². The number of pyridine rings is 1. The van der Waals surface area contributed by atoms with Crippen LogP contribution in [0.4, 0.5) is 4.39 Å². The zero-order valence-electron chi connectivity index (χ0n) is 14.3. The van der Waals surface area contributed by atoms with E-state index in [0.717, 1.165) is 31.6 Å². The van der Waals surface area contributed by atoms with Crippen molar-refractivity contribution in [1.29, 1.82) is 0 Å². The van der Waals surface area contributed by atoms with Crippen molar-refractivity contribution in [2.45, 2.75) is 26.8 Å². The molecule has 0 bridgehead atoms. The summed E-state index contributed by atoms with van der Waals surface area (Å²) < 4.78 is 16.5. The molecule has 0 saturated heterocycles. The van der Waals surface area contributed by atoms with E-state index in [2.05, 4.69) is 18.7 Å². The summed E-state index contributed by atoms with van der Waals surface area (Å²) in [4.78, 5) is 15.0. The van der Waals surface area contributed by atoms with Crippen molar-refractivity contribution in [2.75, 3.05) is 19.6 Å². The van der Waals surface area contributed by atoms with Crippen molar-refractivity contribution in [3.63, 3.8) is 0 Å². The number of benzene rings is 2. The van der Waals surface area contributed by atoms with Crippen molar-refractivity contribution in [3.05, 3.63) is 58.5 Å². The largest absolute Gasteiger partial charge is 0.338 e. The fraction of sp³-hybridized carbons (Fsp3) is 0.350. The Labute approximate surface area is 141 Å². The number of halogens is 1. The lowest BCUT2D eigenvalue weighted by molar-refractivity contribution is 0.294. The molecule has 0 amide bonds. The number of para-hydroxylation sites is 2. The van der Waals surface area contributed by atoms with E-state index >= 15 is 0 Å². The Balaban J connectivity index is 2.13. The first-order chi connectivity index (χ1) is 11.7. The van der Waals surface area contributed by atoms with Crippen molar-refractivity contribution >= 4 is 21.8 Å². The van der Waals surface area contributed by atoms with Crippen molar-refractivity contribution < 1.29 is 4.39 Å². The van der Waals surface area contributed by atoms with Crippen LogP contribution in [-0.2, 0) is 6.54 Å². The second-order valence-electron chi connectivity index (χ2n) is 6.01. The molecule has 3 aromatic rings. The molecule has 0 N–H and O–H groups in total. The zero-order valence-corrected chi connectivity index (χ0v) is 14.3. The Morgan fingerprint density at radius 1 is 1.00 bits per heavy atom. The monoisotopic (exact) mass is 326 g/mol. The van der Waals surface area contributed by atoms with Gasteiger partial charge >= 0.3 is 0 Å². The van der Waals surface area contributed by atoms with Gasteiger partial charge in [-0.15, -0.1) is 0 Å². The lowest BCUT2D eigenvalue weighted by Crippen LogP contribution is -2.25. The number of hydrogen-bond acceptors (Lipinski definition) is 2. The second-order valence-corrected chi connectivity index (χ2v) is 6.01. The predicted molar refractivity (Wildman–Crippen MR) is 98.1 cm³/mol. The highest BCUT2D eigenvalue weighted by molar-refractivity contribution is 5.93. The maximum atomic E-state index is 14.5. The molecule has 0 unspecified atom stereocenters. The van der Waals surface area contributed by atoms with E-state index in [9.17, 15) is 9.18 Å². The van der Waals surface area contributed by atoms with E-state index in [0.29, 0.717) is 22.8 Å². The third-order valence-corrected chi connectivity index (χ3v) is 4.69. The highest BCUT2D eigenvalue weighted by atomic mass is 19.1. The average molecular weight is 326 g/mol. The van der Waals surface area contributed by atoms with Crippen LogP contribution in [0, 0.1) is 5.82 Å². The molecule has 0 aliphatic rings. The minimum atomic E-state index is -0.335. The van der Waals surface area contributed by atoms with Gasteiger partial charge in [0, 0.05) is 17.3 Å². The van der Waals surface area contributed by atoms with E-state index in [1.807, 2.05) is 28.8 Å². The molecule has 3 rings (SSSR count). The molecule has 0 aliphatic heterocycles. The summed E-state index contributed by atoms with van der Waals surface area (Å²) in [5, 5.41) is 1.11. The van der Waals surface area contributed by atoms with Crippen LogP contribution in [-0.4, -0.2) is 29.1 Å². The first kappa shape index (κ1) is 16.7. The van der Waals surface area contributed by atoms with Gasteiger partial charge in [0.25, 0.3) is 0 Å². The zero-order chi connectivity index (χ0) is 17.1. The smallest absolute Gasteiger partial charge is 0.197 e. The molecule has 0 spiro atoms. The number of aromatic nitrogens is 1. The number of hydrogen-bond donors (Lipinski definition) is 0. The molecule has 126 valence electrons. The average Bonchev–Trinajstić information content (AvgIpc) is 2.61. The van der Waals surface area contributed by atoms with E-state index in [1.165, 1.54) is 6.07 Å². The molecule has 3 nitrogen and oxygen atoms in total. The molecule has 24 heavy (non-hydrogen) atoms. The number of fused-ring (bicyclic) bond motifs is 2. The summed E-state index contributed by atoms with van der Waals surface area (Å²) in [5.74, 6) is -0.335. The first-order valence-corrected chi connectivity index (χ1v) is 8.59. The van der Waals surface area contributed by atoms with Crippen molar-refractivity contribution in [2.24, 2.45) is 0 Å².